The Balaban J connectivity index is 1.98. The standard InChI is InChI=1S/C18H18F2N2O3/c1-11-7-8-12(2)14(9-11)22-16(23)10-21-17(24)13-5-3-4-6-15(13)25-18(19)20/h3-9,18H,10H2,1-2H3,(H,21,24)(H,22,23). The number of alkyl halides is 2. The third-order valence-corrected chi connectivity index (χ3v) is 3.42. The van der Waals surface area contributed by atoms with Gasteiger partial charge in [-0.2, -0.15) is 8.78 Å². The summed E-state index contributed by atoms with van der Waals surface area (Å²) in [5.41, 5.74) is 2.46. The van der Waals surface area contributed by atoms with Crippen molar-refractivity contribution in [3.63, 3.8) is 0 Å². The normalized spacial score (nSPS) is 10.4. The highest BCUT2D eigenvalue weighted by Gasteiger charge is 2.16. The van der Waals surface area contributed by atoms with E-state index in [1.54, 1.807) is 0 Å². The molecule has 0 aliphatic rings. The molecule has 7 heteroatoms. The first-order chi connectivity index (χ1) is 11.9. The molecule has 0 aromatic heterocycles. The SMILES string of the molecule is Cc1ccc(C)c(NC(=O)CNC(=O)c2ccccc2OC(F)F)c1. The van der Waals surface area contributed by atoms with Gasteiger partial charge >= 0.3 is 6.61 Å². The van der Waals surface area contributed by atoms with Gasteiger partial charge in [0.2, 0.25) is 5.91 Å². The van der Waals surface area contributed by atoms with Gasteiger partial charge in [-0.25, -0.2) is 0 Å². The first-order valence-corrected chi connectivity index (χ1v) is 7.56. The van der Waals surface area contributed by atoms with Crippen LogP contribution in [0.25, 0.3) is 0 Å². The number of hydrogen-bond donors (Lipinski definition) is 2. The number of nitrogens with one attached hydrogen (secondary N) is 2. The second kappa shape index (κ2) is 8.23. The molecule has 2 aromatic rings. The van der Waals surface area contributed by atoms with Crippen LogP contribution in [0.2, 0.25) is 0 Å². The molecular weight excluding hydrogens is 330 g/mol. The van der Waals surface area contributed by atoms with E-state index in [1.807, 2.05) is 32.0 Å². The summed E-state index contributed by atoms with van der Waals surface area (Å²) in [5.74, 6) is -1.34. The van der Waals surface area contributed by atoms with Crippen LogP contribution in [0.15, 0.2) is 42.5 Å². The second-order valence-corrected chi connectivity index (χ2v) is 5.42. The summed E-state index contributed by atoms with van der Waals surface area (Å²) in [6, 6.07) is 11.2. The molecule has 2 N–H and O–H groups in total. The topological polar surface area (TPSA) is 67.4 Å². The van der Waals surface area contributed by atoms with Gasteiger partial charge < -0.3 is 15.4 Å². The summed E-state index contributed by atoms with van der Waals surface area (Å²) >= 11 is 0. The Hall–Kier alpha value is -2.96. The maximum absolute atomic E-state index is 12.4. The lowest BCUT2D eigenvalue weighted by Gasteiger charge is -2.12. The largest absolute Gasteiger partial charge is 0.434 e. The molecule has 0 fully saturated rings. The van der Waals surface area contributed by atoms with E-state index in [0.29, 0.717) is 5.69 Å². The third kappa shape index (κ3) is 5.27. The summed E-state index contributed by atoms with van der Waals surface area (Å²) in [5, 5.41) is 5.09. The number of ether oxygens (including phenoxy) is 1. The van der Waals surface area contributed by atoms with E-state index in [1.165, 1.54) is 24.3 Å². The van der Waals surface area contributed by atoms with Crippen LogP contribution >= 0.6 is 0 Å². The van der Waals surface area contributed by atoms with Gasteiger partial charge in [-0.15, -0.1) is 0 Å². The fourth-order valence-corrected chi connectivity index (χ4v) is 2.17. The van der Waals surface area contributed by atoms with Crippen molar-refractivity contribution in [1.29, 1.82) is 0 Å². The lowest BCUT2D eigenvalue weighted by atomic mass is 10.1. The fraction of sp³-hybridized carbons (Fsp3) is 0.222. The highest BCUT2D eigenvalue weighted by atomic mass is 19.3. The number of anilines is 1. The zero-order valence-electron chi connectivity index (χ0n) is 13.8. The molecule has 0 saturated carbocycles. The molecule has 0 atom stereocenters. The number of carbonyl (C=O) groups is 2. The first kappa shape index (κ1) is 18.4. The molecule has 5 nitrogen and oxygen atoms in total. The van der Waals surface area contributed by atoms with Gasteiger partial charge in [0.05, 0.1) is 12.1 Å². The number of rotatable bonds is 6. The molecule has 0 heterocycles. The molecule has 0 unspecified atom stereocenters. The van der Waals surface area contributed by atoms with Crippen LogP contribution in [-0.4, -0.2) is 25.0 Å². The van der Waals surface area contributed by atoms with E-state index in [-0.39, 0.29) is 17.9 Å². The molecule has 0 bridgehead atoms. The summed E-state index contributed by atoms with van der Waals surface area (Å²) in [6.07, 6.45) is 0. The van der Waals surface area contributed by atoms with E-state index in [2.05, 4.69) is 15.4 Å². The van der Waals surface area contributed by atoms with Crippen molar-refractivity contribution in [3.05, 3.63) is 59.2 Å². The van der Waals surface area contributed by atoms with Crippen molar-refractivity contribution in [3.8, 4) is 5.75 Å². The first-order valence-electron chi connectivity index (χ1n) is 7.56. The molecular formula is C18H18F2N2O3. The number of benzene rings is 2. The smallest absolute Gasteiger partial charge is 0.387 e. The summed E-state index contributed by atoms with van der Waals surface area (Å²) in [6.45, 7) is 0.416. The molecule has 2 amide bonds. The number of amides is 2. The summed E-state index contributed by atoms with van der Waals surface area (Å²) < 4.78 is 29.0. The Morgan fingerprint density at radius 3 is 2.56 bits per heavy atom. The minimum Gasteiger partial charge on any atom is -0.434 e. The van der Waals surface area contributed by atoms with Crippen LogP contribution in [0.4, 0.5) is 14.5 Å². The van der Waals surface area contributed by atoms with Crippen molar-refractivity contribution in [2.75, 3.05) is 11.9 Å². The minimum absolute atomic E-state index is 0.0673. The Bertz CT molecular complexity index is 779. The van der Waals surface area contributed by atoms with Crippen molar-refractivity contribution in [1.82, 2.24) is 5.32 Å². The van der Waals surface area contributed by atoms with Crippen LogP contribution in [0.1, 0.15) is 21.5 Å². The number of para-hydroxylation sites is 1. The molecule has 0 aliphatic carbocycles. The van der Waals surface area contributed by atoms with Crippen LogP contribution in [0.5, 0.6) is 5.75 Å². The van der Waals surface area contributed by atoms with Gasteiger partial charge in [0.25, 0.3) is 5.91 Å². The Kier molecular flexibility index (Phi) is 6.05. The average molecular weight is 348 g/mol. The molecule has 0 aliphatic heterocycles. The Morgan fingerprint density at radius 1 is 1.12 bits per heavy atom. The maximum Gasteiger partial charge on any atom is 0.387 e. The lowest BCUT2D eigenvalue weighted by Crippen LogP contribution is -2.33. The summed E-state index contributed by atoms with van der Waals surface area (Å²) in [4.78, 5) is 24.1. The van der Waals surface area contributed by atoms with E-state index in [9.17, 15) is 18.4 Å². The summed E-state index contributed by atoms with van der Waals surface area (Å²) in [7, 11) is 0. The monoisotopic (exact) mass is 348 g/mol. The van der Waals surface area contributed by atoms with Crippen LogP contribution in [-0.2, 0) is 4.79 Å². The number of hydrogen-bond acceptors (Lipinski definition) is 3. The third-order valence-electron chi connectivity index (χ3n) is 3.42. The molecule has 2 rings (SSSR count). The minimum atomic E-state index is -3.04. The number of aryl methyl sites for hydroxylation is 2. The lowest BCUT2D eigenvalue weighted by molar-refractivity contribution is -0.115. The quantitative estimate of drug-likeness (QED) is 0.842. The predicted octanol–water partition coefficient (Wildman–Crippen LogP) is 3.27. The van der Waals surface area contributed by atoms with Gasteiger partial charge in [0.1, 0.15) is 5.75 Å². The zero-order valence-corrected chi connectivity index (χ0v) is 13.8. The fourth-order valence-electron chi connectivity index (χ4n) is 2.17. The van der Waals surface area contributed by atoms with Crippen molar-refractivity contribution < 1.29 is 23.1 Å². The zero-order chi connectivity index (χ0) is 18.4. The van der Waals surface area contributed by atoms with Crippen molar-refractivity contribution >= 4 is 17.5 Å². The number of halogens is 2. The Morgan fingerprint density at radius 2 is 1.84 bits per heavy atom. The number of carbonyl (C=O) groups excluding carboxylic acids is 2. The molecule has 0 radical (unpaired) electrons. The van der Waals surface area contributed by atoms with Gasteiger partial charge in [-0.05, 0) is 43.2 Å². The van der Waals surface area contributed by atoms with Gasteiger partial charge in [-0.3, -0.25) is 9.59 Å². The predicted molar refractivity (Wildman–Crippen MR) is 90.0 cm³/mol. The molecule has 0 spiro atoms. The molecule has 25 heavy (non-hydrogen) atoms. The molecule has 0 saturated heterocycles. The highest BCUT2D eigenvalue weighted by Crippen LogP contribution is 2.20. The second-order valence-electron chi connectivity index (χ2n) is 5.42. The van der Waals surface area contributed by atoms with Crippen LogP contribution in [0, 0.1) is 13.8 Å². The maximum atomic E-state index is 12.4. The van der Waals surface area contributed by atoms with E-state index >= 15 is 0 Å². The average Bonchev–Trinajstić information content (AvgIpc) is 2.56. The van der Waals surface area contributed by atoms with Crippen LogP contribution in [0.3, 0.4) is 0 Å². The Labute approximate surface area is 144 Å². The van der Waals surface area contributed by atoms with Crippen LogP contribution < -0.4 is 15.4 Å². The van der Waals surface area contributed by atoms with E-state index < -0.39 is 18.4 Å². The molecule has 132 valence electrons. The van der Waals surface area contributed by atoms with Gasteiger partial charge in [-0.1, -0.05) is 24.3 Å². The molecule has 2 aromatic carbocycles. The van der Waals surface area contributed by atoms with Crippen molar-refractivity contribution in [2.45, 2.75) is 20.5 Å². The van der Waals surface area contributed by atoms with Gasteiger partial charge in [0, 0.05) is 5.69 Å². The van der Waals surface area contributed by atoms with E-state index in [4.69, 9.17) is 0 Å². The van der Waals surface area contributed by atoms with E-state index in [0.717, 1.165) is 11.1 Å². The highest BCUT2D eigenvalue weighted by molar-refractivity contribution is 6.01. The van der Waals surface area contributed by atoms with Crippen molar-refractivity contribution in [2.24, 2.45) is 0 Å². The van der Waals surface area contributed by atoms with Gasteiger partial charge in [0.15, 0.2) is 0 Å².